The number of esters is 1. The number of aryl methyl sites for hydroxylation is 1. The first kappa shape index (κ1) is 13.2. The minimum atomic E-state index is -0.906. The van der Waals surface area contributed by atoms with Crippen molar-refractivity contribution in [1.29, 1.82) is 0 Å². The van der Waals surface area contributed by atoms with Crippen LogP contribution < -0.4 is 5.32 Å². The van der Waals surface area contributed by atoms with Crippen LogP contribution in [0.15, 0.2) is 18.2 Å². The van der Waals surface area contributed by atoms with Crippen molar-refractivity contribution in [3.05, 3.63) is 29.6 Å². The van der Waals surface area contributed by atoms with Gasteiger partial charge in [-0.05, 0) is 31.5 Å². The van der Waals surface area contributed by atoms with Crippen molar-refractivity contribution in [2.75, 3.05) is 5.32 Å². The Morgan fingerprint density at radius 3 is 2.59 bits per heavy atom. The van der Waals surface area contributed by atoms with Crippen molar-refractivity contribution < 1.29 is 18.7 Å². The summed E-state index contributed by atoms with van der Waals surface area (Å²) in [5.41, 5.74) is 0.827. The third-order valence-corrected chi connectivity index (χ3v) is 2.15. The van der Waals surface area contributed by atoms with E-state index in [0.29, 0.717) is 11.3 Å². The molecule has 1 aromatic rings. The van der Waals surface area contributed by atoms with Gasteiger partial charge in [0.05, 0.1) is 0 Å². The molecule has 0 aliphatic rings. The second-order valence-electron chi connectivity index (χ2n) is 3.70. The number of benzene rings is 1. The normalized spacial score (nSPS) is 11.8. The Hall–Kier alpha value is -1.91. The molecule has 17 heavy (non-hydrogen) atoms. The zero-order valence-corrected chi connectivity index (χ0v) is 9.91. The van der Waals surface area contributed by atoms with E-state index in [2.05, 4.69) is 5.32 Å². The molecule has 0 spiro atoms. The van der Waals surface area contributed by atoms with E-state index in [9.17, 15) is 14.0 Å². The van der Waals surface area contributed by atoms with Gasteiger partial charge in [0.15, 0.2) is 6.10 Å². The summed E-state index contributed by atoms with van der Waals surface area (Å²) in [7, 11) is 0. The molecule has 92 valence electrons. The number of hydrogen-bond donors (Lipinski definition) is 1. The molecule has 0 aromatic heterocycles. The lowest BCUT2D eigenvalue weighted by atomic mass is 10.2. The Morgan fingerprint density at radius 2 is 2.06 bits per heavy atom. The van der Waals surface area contributed by atoms with Gasteiger partial charge in [-0.2, -0.15) is 0 Å². The average molecular weight is 239 g/mol. The van der Waals surface area contributed by atoms with Crippen LogP contribution in [0.1, 0.15) is 19.4 Å². The largest absolute Gasteiger partial charge is 0.453 e. The van der Waals surface area contributed by atoms with Crippen LogP contribution in [0.3, 0.4) is 0 Å². The van der Waals surface area contributed by atoms with E-state index in [4.69, 9.17) is 4.74 Å². The number of carbonyl (C=O) groups is 2. The SMILES string of the molecule is CC(=O)O[C@@H](C)C(=O)Nc1ccc(C)c(F)c1. The quantitative estimate of drug-likeness (QED) is 0.821. The predicted molar refractivity (Wildman–Crippen MR) is 61.0 cm³/mol. The smallest absolute Gasteiger partial charge is 0.303 e. The standard InChI is InChI=1S/C12H14FNO3/c1-7-4-5-10(6-11(7)13)14-12(16)8(2)17-9(3)15/h4-6,8H,1-3H3,(H,14,16)/t8-/m0/s1. The fraction of sp³-hybridized carbons (Fsp3) is 0.333. The maximum atomic E-state index is 13.2. The second-order valence-corrected chi connectivity index (χ2v) is 3.70. The number of rotatable bonds is 3. The molecule has 5 heteroatoms. The van der Waals surface area contributed by atoms with Gasteiger partial charge in [-0.3, -0.25) is 9.59 Å². The molecule has 1 amide bonds. The maximum absolute atomic E-state index is 13.2. The molecule has 1 aromatic carbocycles. The molecule has 0 radical (unpaired) electrons. The van der Waals surface area contributed by atoms with Crippen molar-refractivity contribution >= 4 is 17.6 Å². The van der Waals surface area contributed by atoms with E-state index in [1.807, 2.05) is 0 Å². The highest BCUT2D eigenvalue weighted by molar-refractivity contribution is 5.94. The van der Waals surface area contributed by atoms with Crippen LogP contribution in [0.5, 0.6) is 0 Å². The van der Waals surface area contributed by atoms with Crippen LogP contribution >= 0.6 is 0 Å². The second kappa shape index (κ2) is 5.43. The van der Waals surface area contributed by atoms with Crippen LogP contribution in [0.4, 0.5) is 10.1 Å². The van der Waals surface area contributed by atoms with Gasteiger partial charge in [-0.15, -0.1) is 0 Å². The van der Waals surface area contributed by atoms with Crippen LogP contribution in [0.2, 0.25) is 0 Å². The molecule has 0 saturated carbocycles. The monoisotopic (exact) mass is 239 g/mol. The Labute approximate surface area is 98.8 Å². The zero-order chi connectivity index (χ0) is 13.0. The summed E-state index contributed by atoms with van der Waals surface area (Å²) in [6, 6.07) is 4.35. The summed E-state index contributed by atoms with van der Waals surface area (Å²) in [5.74, 6) is -1.44. The highest BCUT2D eigenvalue weighted by Gasteiger charge is 2.15. The number of hydrogen-bond acceptors (Lipinski definition) is 3. The molecular weight excluding hydrogens is 225 g/mol. The van der Waals surface area contributed by atoms with Crippen molar-refractivity contribution in [2.45, 2.75) is 26.9 Å². The average Bonchev–Trinajstić information content (AvgIpc) is 2.22. The number of ether oxygens (including phenoxy) is 1. The molecule has 0 heterocycles. The zero-order valence-electron chi connectivity index (χ0n) is 9.91. The first-order valence-electron chi connectivity index (χ1n) is 5.14. The maximum Gasteiger partial charge on any atom is 0.303 e. The number of carbonyl (C=O) groups excluding carboxylic acids is 2. The minimum Gasteiger partial charge on any atom is -0.453 e. The Morgan fingerprint density at radius 1 is 1.41 bits per heavy atom. The molecular formula is C12H14FNO3. The van der Waals surface area contributed by atoms with Crippen LogP contribution in [-0.2, 0) is 14.3 Å². The molecule has 0 aliphatic carbocycles. The molecule has 0 fully saturated rings. The summed E-state index contributed by atoms with van der Waals surface area (Å²) >= 11 is 0. The van der Waals surface area contributed by atoms with Gasteiger partial charge in [0.1, 0.15) is 5.82 Å². The summed E-state index contributed by atoms with van der Waals surface area (Å²) in [5, 5.41) is 2.46. The van der Waals surface area contributed by atoms with Gasteiger partial charge in [-0.25, -0.2) is 4.39 Å². The molecule has 1 rings (SSSR count). The molecule has 1 atom stereocenters. The van der Waals surface area contributed by atoms with Gasteiger partial charge in [-0.1, -0.05) is 6.07 Å². The summed E-state index contributed by atoms with van der Waals surface area (Å²) < 4.78 is 17.9. The van der Waals surface area contributed by atoms with E-state index in [0.717, 1.165) is 0 Å². The number of anilines is 1. The Bertz CT molecular complexity index is 445. The van der Waals surface area contributed by atoms with Crippen molar-refractivity contribution in [3.63, 3.8) is 0 Å². The Kier molecular flexibility index (Phi) is 4.20. The molecule has 0 aliphatic heterocycles. The van der Waals surface area contributed by atoms with Crippen molar-refractivity contribution in [3.8, 4) is 0 Å². The van der Waals surface area contributed by atoms with Gasteiger partial charge in [0.25, 0.3) is 5.91 Å². The molecule has 4 nitrogen and oxygen atoms in total. The molecule has 0 bridgehead atoms. The molecule has 0 unspecified atom stereocenters. The van der Waals surface area contributed by atoms with E-state index >= 15 is 0 Å². The van der Waals surface area contributed by atoms with Gasteiger partial charge < -0.3 is 10.1 Å². The predicted octanol–water partition coefficient (Wildman–Crippen LogP) is 2.02. The number of amides is 1. The fourth-order valence-electron chi connectivity index (χ4n) is 1.22. The molecule has 0 saturated heterocycles. The number of halogens is 1. The topological polar surface area (TPSA) is 55.4 Å². The number of nitrogens with one attached hydrogen (secondary N) is 1. The van der Waals surface area contributed by atoms with E-state index in [1.54, 1.807) is 19.1 Å². The lowest BCUT2D eigenvalue weighted by molar-refractivity contribution is -0.150. The third kappa shape index (κ3) is 3.86. The van der Waals surface area contributed by atoms with Gasteiger partial charge >= 0.3 is 5.97 Å². The Balaban J connectivity index is 2.67. The summed E-state index contributed by atoms with van der Waals surface area (Å²) in [4.78, 5) is 22.2. The first-order valence-corrected chi connectivity index (χ1v) is 5.14. The lowest BCUT2D eigenvalue weighted by Crippen LogP contribution is -2.29. The van der Waals surface area contributed by atoms with Crippen LogP contribution in [0, 0.1) is 12.7 Å². The van der Waals surface area contributed by atoms with Crippen molar-refractivity contribution in [2.24, 2.45) is 0 Å². The van der Waals surface area contributed by atoms with E-state index < -0.39 is 23.8 Å². The van der Waals surface area contributed by atoms with Gasteiger partial charge in [0.2, 0.25) is 0 Å². The van der Waals surface area contributed by atoms with E-state index in [-0.39, 0.29) is 0 Å². The first-order chi connectivity index (χ1) is 7.90. The fourth-order valence-corrected chi connectivity index (χ4v) is 1.22. The highest BCUT2D eigenvalue weighted by atomic mass is 19.1. The van der Waals surface area contributed by atoms with Gasteiger partial charge in [0, 0.05) is 12.6 Å². The van der Waals surface area contributed by atoms with E-state index in [1.165, 1.54) is 19.9 Å². The minimum absolute atomic E-state index is 0.331. The molecule has 1 N–H and O–H groups in total. The van der Waals surface area contributed by atoms with Crippen LogP contribution in [-0.4, -0.2) is 18.0 Å². The summed E-state index contributed by atoms with van der Waals surface area (Å²) in [6.07, 6.45) is -0.906. The summed E-state index contributed by atoms with van der Waals surface area (Å²) in [6.45, 7) is 4.29. The highest BCUT2D eigenvalue weighted by Crippen LogP contribution is 2.14. The third-order valence-electron chi connectivity index (χ3n) is 2.15. The van der Waals surface area contributed by atoms with Crippen LogP contribution in [0.25, 0.3) is 0 Å². The van der Waals surface area contributed by atoms with Crippen molar-refractivity contribution in [1.82, 2.24) is 0 Å². The lowest BCUT2D eigenvalue weighted by Gasteiger charge is -2.12.